The number of alkyl halides is 3. The summed E-state index contributed by atoms with van der Waals surface area (Å²) < 4.78 is 89.3. The summed E-state index contributed by atoms with van der Waals surface area (Å²) in [7, 11) is -3.13. The van der Waals surface area contributed by atoms with Gasteiger partial charge in [-0.1, -0.05) is 30.7 Å². The second-order valence-corrected chi connectivity index (χ2v) is 12.2. The maximum atomic E-state index is 14.1. The molecule has 204 valence electrons. The molecule has 1 fully saturated rings. The number of carbonyl (C=O) groups excluding carboxylic acids is 1. The molecule has 1 aliphatic carbocycles. The van der Waals surface area contributed by atoms with E-state index >= 15 is 0 Å². The Morgan fingerprint density at radius 1 is 1.05 bits per heavy atom. The van der Waals surface area contributed by atoms with E-state index in [1.165, 1.54) is 42.7 Å². The van der Waals surface area contributed by atoms with E-state index in [9.17, 15) is 30.8 Å². The van der Waals surface area contributed by atoms with Gasteiger partial charge in [0, 0.05) is 4.70 Å². The smallest absolute Gasteiger partial charge is 0.419 e. The van der Waals surface area contributed by atoms with Crippen molar-refractivity contribution in [1.29, 1.82) is 0 Å². The lowest BCUT2D eigenvalue weighted by molar-refractivity contribution is -0.140. The van der Waals surface area contributed by atoms with Crippen molar-refractivity contribution in [3.8, 4) is 0 Å². The van der Waals surface area contributed by atoms with Gasteiger partial charge in [-0.25, -0.2) is 17.6 Å². The molecule has 0 radical (unpaired) electrons. The van der Waals surface area contributed by atoms with Gasteiger partial charge in [-0.15, -0.1) is 11.3 Å². The average molecular weight is 578 g/mol. The first kappa shape index (κ1) is 27.1. The maximum absolute atomic E-state index is 14.1. The first-order valence-electron chi connectivity index (χ1n) is 12.1. The number of methoxy groups -OCH3 is 1. The van der Waals surface area contributed by atoms with Gasteiger partial charge in [0.2, 0.25) is 0 Å². The second kappa shape index (κ2) is 10.3. The summed E-state index contributed by atoms with van der Waals surface area (Å²) in [6.07, 6.45) is -2.22. The standard InChI is InChI=1S/C28H23F4NO4S2/c1-37-27(34)19-10-12-20(13-11-19)39(35,36)33(16-17-9-14-23(29)22(15-17)28(30,31)32)26-25(18-5-4-6-18)21-7-2-3-8-24(21)38-26/h2-3,7-15,18H,4-6,16H2,1H3. The number of carbonyl (C=O) groups is 1. The number of thiophene rings is 1. The summed E-state index contributed by atoms with van der Waals surface area (Å²) in [5.74, 6) is -1.97. The Morgan fingerprint density at radius 2 is 1.74 bits per heavy atom. The SMILES string of the molecule is COC(=O)c1ccc(S(=O)(=O)N(Cc2ccc(F)c(C(F)(F)F)c2)c2sc3ccccc3c2C2CCC2)cc1. The van der Waals surface area contributed by atoms with E-state index in [0.29, 0.717) is 17.1 Å². The zero-order valence-corrected chi connectivity index (χ0v) is 22.3. The highest BCUT2D eigenvalue weighted by molar-refractivity contribution is 7.93. The number of rotatable bonds is 7. The minimum Gasteiger partial charge on any atom is -0.465 e. The van der Waals surface area contributed by atoms with Crippen LogP contribution in [0.1, 0.15) is 52.2 Å². The Balaban J connectivity index is 1.68. The van der Waals surface area contributed by atoms with E-state index in [1.807, 2.05) is 24.3 Å². The van der Waals surface area contributed by atoms with Crippen molar-refractivity contribution in [3.63, 3.8) is 0 Å². The number of hydrogen-bond acceptors (Lipinski definition) is 5. The quantitative estimate of drug-likeness (QED) is 0.169. The largest absolute Gasteiger partial charge is 0.465 e. The molecular weight excluding hydrogens is 554 g/mol. The molecule has 5 nitrogen and oxygen atoms in total. The van der Waals surface area contributed by atoms with Gasteiger partial charge in [0.05, 0.1) is 29.7 Å². The van der Waals surface area contributed by atoms with E-state index in [1.54, 1.807) is 0 Å². The number of hydrogen-bond donors (Lipinski definition) is 0. The highest BCUT2D eigenvalue weighted by atomic mass is 32.2. The van der Waals surface area contributed by atoms with E-state index in [2.05, 4.69) is 4.74 Å². The number of benzene rings is 3. The van der Waals surface area contributed by atoms with Crippen LogP contribution in [-0.2, 0) is 27.5 Å². The lowest BCUT2D eigenvalue weighted by atomic mass is 9.79. The highest BCUT2D eigenvalue weighted by Gasteiger charge is 2.37. The van der Waals surface area contributed by atoms with Gasteiger partial charge in [0.1, 0.15) is 10.8 Å². The third-order valence-electron chi connectivity index (χ3n) is 6.88. The van der Waals surface area contributed by atoms with Crippen molar-refractivity contribution in [2.45, 2.75) is 42.8 Å². The topological polar surface area (TPSA) is 63.7 Å². The molecule has 0 bridgehead atoms. The molecule has 0 spiro atoms. The van der Waals surface area contributed by atoms with Crippen molar-refractivity contribution in [2.24, 2.45) is 0 Å². The molecule has 39 heavy (non-hydrogen) atoms. The van der Waals surface area contributed by atoms with E-state index in [4.69, 9.17) is 0 Å². The van der Waals surface area contributed by atoms with E-state index in [0.717, 1.165) is 45.3 Å². The maximum Gasteiger partial charge on any atom is 0.419 e. The summed E-state index contributed by atoms with van der Waals surface area (Å²) in [6.45, 7) is -0.447. The van der Waals surface area contributed by atoms with Gasteiger partial charge in [0.25, 0.3) is 10.0 Å². The van der Waals surface area contributed by atoms with E-state index in [-0.39, 0.29) is 21.9 Å². The van der Waals surface area contributed by atoms with Crippen LogP contribution in [0, 0.1) is 5.82 Å². The average Bonchev–Trinajstić information content (AvgIpc) is 3.24. The van der Waals surface area contributed by atoms with Crippen molar-refractivity contribution in [1.82, 2.24) is 0 Å². The molecule has 3 aromatic carbocycles. The summed E-state index contributed by atoms with van der Waals surface area (Å²) in [5, 5.41) is 1.31. The van der Waals surface area contributed by atoms with Crippen LogP contribution in [0.4, 0.5) is 22.6 Å². The summed E-state index contributed by atoms with van der Waals surface area (Å²) >= 11 is 1.25. The third kappa shape index (κ3) is 5.12. The monoisotopic (exact) mass is 577 g/mol. The van der Waals surface area contributed by atoms with Crippen LogP contribution in [0.2, 0.25) is 0 Å². The number of anilines is 1. The molecule has 0 atom stereocenters. The van der Waals surface area contributed by atoms with Crippen LogP contribution in [0.5, 0.6) is 0 Å². The third-order valence-corrected chi connectivity index (χ3v) is 9.96. The normalized spacial score (nSPS) is 14.3. The van der Waals surface area contributed by atoms with Gasteiger partial charge < -0.3 is 4.74 Å². The molecular formula is C28H23F4NO4S2. The fourth-order valence-electron chi connectivity index (χ4n) is 4.66. The van der Waals surface area contributed by atoms with Gasteiger partial charge in [0.15, 0.2) is 0 Å². The molecule has 1 aromatic heterocycles. The summed E-state index contributed by atoms with van der Waals surface area (Å²) in [6, 6.07) is 15.1. The lowest BCUT2D eigenvalue weighted by Gasteiger charge is -2.31. The van der Waals surface area contributed by atoms with Gasteiger partial charge >= 0.3 is 12.1 Å². The van der Waals surface area contributed by atoms with Gasteiger partial charge in [-0.2, -0.15) is 13.2 Å². The number of esters is 1. The minimum absolute atomic E-state index is 0.0181. The Morgan fingerprint density at radius 3 is 2.36 bits per heavy atom. The summed E-state index contributed by atoms with van der Waals surface area (Å²) in [5.41, 5.74) is -0.492. The predicted octanol–water partition coefficient (Wildman–Crippen LogP) is 7.51. The fourth-order valence-corrected chi connectivity index (χ4v) is 7.63. The molecule has 0 aliphatic heterocycles. The summed E-state index contributed by atoms with van der Waals surface area (Å²) in [4.78, 5) is 11.7. The van der Waals surface area contributed by atoms with Crippen molar-refractivity contribution >= 4 is 42.4 Å². The predicted molar refractivity (Wildman–Crippen MR) is 141 cm³/mol. The van der Waals surface area contributed by atoms with Crippen LogP contribution < -0.4 is 4.31 Å². The van der Waals surface area contributed by atoms with Crippen molar-refractivity contribution in [3.05, 3.63) is 94.8 Å². The molecule has 4 aromatic rings. The van der Waals surface area contributed by atoms with Crippen LogP contribution in [-0.4, -0.2) is 21.5 Å². The molecule has 0 unspecified atom stereocenters. The number of fused-ring (bicyclic) bond motifs is 1. The number of ether oxygens (including phenoxy) is 1. The Kier molecular flexibility index (Phi) is 7.15. The number of nitrogens with zero attached hydrogens (tertiary/aromatic N) is 1. The minimum atomic E-state index is -4.94. The fraction of sp³-hybridized carbons (Fsp3) is 0.250. The van der Waals surface area contributed by atoms with Crippen LogP contribution in [0.15, 0.2) is 71.6 Å². The Hall–Kier alpha value is -3.44. The second-order valence-electron chi connectivity index (χ2n) is 9.28. The molecule has 11 heteroatoms. The Bertz CT molecular complexity index is 1640. The highest BCUT2D eigenvalue weighted by Crippen LogP contribution is 2.50. The first-order valence-corrected chi connectivity index (χ1v) is 14.3. The molecule has 1 saturated carbocycles. The van der Waals surface area contributed by atoms with Crippen LogP contribution >= 0.6 is 11.3 Å². The van der Waals surface area contributed by atoms with Crippen molar-refractivity contribution in [2.75, 3.05) is 11.4 Å². The van der Waals surface area contributed by atoms with Gasteiger partial charge in [-0.05, 0) is 77.7 Å². The van der Waals surface area contributed by atoms with Crippen LogP contribution in [0.3, 0.4) is 0 Å². The molecule has 0 saturated heterocycles. The van der Waals surface area contributed by atoms with Gasteiger partial charge in [-0.3, -0.25) is 4.31 Å². The van der Waals surface area contributed by atoms with E-state index < -0.39 is 40.1 Å². The Labute approximate surface area is 226 Å². The number of sulfonamides is 1. The zero-order chi connectivity index (χ0) is 27.9. The molecule has 1 heterocycles. The first-order chi connectivity index (χ1) is 18.5. The molecule has 0 amide bonds. The lowest BCUT2D eigenvalue weighted by Crippen LogP contribution is -2.31. The van der Waals surface area contributed by atoms with Crippen LogP contribution in [0.25, 0.3) is 10.1 Å². The molecule has 1 aliphatic rings. The number of halogens is 4. The molecule has 0 N–H and O–H groups in total. The molecule has 5 rings (SSSR count). The van der Waals surface area contributed by atoms with Crippen molar-refractivity contribution < 1.29 is 35.5 Å². The zero-order valence-electron chi connectivity index (χ0n) is 20.7.